The minimum absolute atomic E-state index is 0. The first-order chi connectivity index (χ1) is 9.13. The van der Waals surface area contributed by atoms with Crippen molar-refractivity contribution in [2.75, 3.05) is 6.61 Å². The van der Waals surface area contributed by atoms with Gasteiger partial charge in [0.15, 0.2) is 6.23 Å². The molecule has 3 heterocycles. The van der Waals surface area contributed by atoms with Crippen LogP contribution in [0.5, 0.6) is 0 Å². The first-order valence-electron chi connectivity index (χ1n) is 5.73. The van der Waals surface area contributed by atoms with Crippen molar-refractivity contribution in [1.29, 1.82) is 0 Å². The molecule has 0 amide bonds. The monoisotopic (exact) mass is 355 g/mol. The fourth-order valence-corrected chi connectivity index (χ4v) is 2.25. The maximum atomic E-state index is 11.5. The standard InChI is InChI=1S/C11H12N3O5.Y/c15-3-6-7(16)8(17)11(19-6)14-2-1-5-9(14)12-4-13-10(5)18;/h1-2,6-8,11,15-17H,3H2,(H,12,13,18);/q-1;/t6-,7?,8?,11-;/m1./s1. The van der Waals surface area contributed by atoms with Crippen molar-refractivity contribution >= 4 is 11.0 Å². The van der Waals surface area contributed by atoms with Gasteiger partial charge in [0.2, 0.25) is 0 Å². The predicted octanol–water partition coefficient (Wildman–Crippen LogP) is -1.87. The Hall–Kier alpha value is -0.636. The van der Waals surface area contributed by atoms with Crippen LogP contribution in [-0.2, 0) is 37.4 Å². The van der Waals surface area contributed by atoms with E-state index < -0.39 is 31.1 Å². The van der Waals surface area contributed by atoms with Gasteiger partial charge in [0.1, 0.15) is 23.9 Å². The van der Waals surface area contributed by atoms with Crippen LogP contribution in [0.25, 0.3) is 11.0 Å². The van der Waals surface area contributed by atoms with Crippen molar-refractivity contribution in [3.63, 3.8) is 0 Å². The normalized spacial score (nSPS) is 29.6. The Labute approximate surface area is 138 Å². The summed E-state index contributed by atoms with van der Waals surface area (Å²) in [5.74, 6) is 0. The smallest absolute Gasteiger partial charge is 0.154 e. The summed E-state index contributed by atoms with van der Waals surface area (Å²) in [6.07, 6.45) is -0.315. The molecule has 1 radical (unpaired) electrons. The number of nitrogens with zero attached hydrogens (tertiary/aromatic N) is 2. The van der Waals surface area contributed by atoms with E-state index in [2.05, 4.69) is 16.3 Å². The van der Waals surface area contributed by atoms with Gasteiger partial charge in [-0.2, -0.15) is 0 Å². The van der Waals surface area contributed by atoms with E-state index in [4.69, 9.17) is 9.84 Å². The second-order valence-electron chi connectivity index (χ2n) is 4.37. The van der Waals surface area contributed by atoms with Gasteiger partial charge in [0.25, 0.3) is 0 Å². The van der Waals surface area contributed by atoms with Gasteiger partial charge in [-0.3, -0.25) is 0 Å². The molecule has 0 aromatic carbocycles. The van der Waals surface area contributed by atoms with Gasteiger partial charge in [-0.25, -0.2) is 0 Å². The number of nitrogens with one attached hydrogen (secondary N) is 1. The molecule has 20 heavy (non-hydrogen) atoms. The summed E-state index contributed by atoms with van der Waals surface area (Å²) in [4.78, 5) is 17.8. The molecule has 0 aliphatic carbocycles. The molecule has 4 N–H and O–H groups in total. The van der Waals surface area contributed by atoms with Crippen molar-refractivity contribution < 1.29 is 52.8 Å². The van der Waals surface area contributed by atoms with Gasteiger partial charge in [-0.05, 0) is 11.6 Å². The topological polar surface area (TPSA) is 121 Å². The third-order valence-corrected chi connectivity index (χ3v) is 3.25. The second kappa shape index (κ2) is 6.01. The summed E-state index contributed by atoms with van der Waals surface area (Å²) in [6, 6.07) is 1.53. The van der Waals surface area contributed by atoms with Crippen LogP contribution in [0.4, 0.5) is 0 Å². The number of aromatic amines is 1. The SMILES string of the molecule is O=c1[nH][c-]nc2c1ccn2[C@@H]1O[C@H](CO)C(O)C1O.[Y]. The van der Waals surface area contributed by atoms with Gasteiger partial charge >= 0.3 is 0 Å². The Morgan fingerprint density at radius 3 is 2.85 bits per heavy atom. The quantitative estimate of drug-likeness (QED) is 0.469. The molecule has 2 aromatic heterocycles. The van der Waals surface area contributed by atoms with Crippen molar-refractivity contribution in [1.82, 2.24) is 14.5 Å². The van der Waals surface area contributed by atoms with Crippen LogP contribution < -0.4 is 5.56 Å². The Kier molecular flexibility index (Phi) is 4.73. The number of aromatic nitrogens is 3. The third kappa shape index (κ3) is 2.36. The zero-order chi connectivity index (χ0) is 13.6. The van der Waals surface area contributed by atoms with E-state index in [0.29, 0.717) is 11.0 Å². The molecule has 4 atom stereocenters. The largest absolute Gasteiger partial charge is 0.420 e. The summed E-state index contributed by atoms with van der Waals surface area (Å²) in [5.41, 5.74) is -0.0610. The Bertz CT molecular complexity index is 657. The number of rotatable bonds is 2. The van der Waals surface area contributed by atoms with Crippen molar-refractivity contribution in [3.8, 4) is 0 Å². The van der Waals surface area contributed by atoms with E-state index in [9.17, 15) is 15.0 Å². The van der Waals surface area contributed by atoms with E-state index in [-0.39, 0.29) is 38.3 Å². The van der Waals surface area contributed by atoms with Crippen LogP contribution in [0.15, 0.2) is 17.1 Å². The van der Waals surface area contributed by atoms with Gasteiger partial charge in [0, 0.05) is 44.7 Å². The van der Waals surface area contributed by atoms with E-state index in [1.807, 2.05) is 0 Å². The number of H-pyrrole nitrogens is 1. The van der Waals surface area contributed by atoms with E-state index in [0.717, 1.165) is 0 Å². The van der Waals surface area contributed by atoms with E-state index >= 15 is 0 Å². The second-order valence-corrected chi connectivity index (χ2v) is 4.37. The van der Waals surface area contributed by atoms with Crippen LogP contribution >= 0.6 is 0 Å². The minimum atomic E-state index is -1.21. The molecule has 1 fully saturated rings. The van der Waals surface area contributed by atoms with E-state index in [1.165, 1.54) is 16.8 Å². The first-order valence-corrected chi connectivity index (χ1v) is 5.73. The molecule has 2 unspecified atom stereocenters. The summed E-state index contributed by atoms with van der Waals surface area (Å²) in [5, 5.41) is 29.0. The van der Waals surface area contributed by atoms with Crippen molar-refractivity contribution in [2.24, 2.45) is 0 Å². The van der Waals surface area contributed by atoms with Crippen molar-refractivity contribution in [3.05, 3.63) is 28.9 Å². The van der Waals surface area contributed by atoms with Gasteiger partial charge < -0.3 is 39.4 Å². The number of aliphatic hydroxyl groups is 3. The number of hydrogen-bond donors (Lipinski definition) is 4. The molecule has 9 heteroatoms. The van der Waals surface area contributed by atoms with Crippen LogP contribution in [0.2, 0.25) is 0 Å². The fourth-order valence-electron chi connectivity index (χ4n) is 2.25. The molecule has 0 spiro atoms. The van der Waals surface area contributed by atoms with Crippen LogP contribution in [0.3, 0.4) is 0 Å². The average molecular weight is 355 g/mol. The number of fused-ring (bicyclic) bond motifs is 1. The molecule has 1 aliphatic rings. The molecular formula is C11H12N3O5Y-. The Morgan fingerprint density at radius 1 is 1.45 bits per heavy atom. The fraction of sp³-hybridized carbons (Fsp3) is 0.455. The summed E-state index contributed by atoms with van der Waals surface area (Å²) < 4.78 is 6.81. The maximum absolute atomic E-state index is 11.5. The van der Waals surface area contributed by atoms with Crippen LogP contribution in [0, 0.1) is 6.33 Å². The molecule has 0 saturated carbocycles. The third-order valence-electron chi connectivity index (χ3n) is 3.25. The number of ether oxygens (including phenoxy) is 1. The molecule has 8 nitrogen and oxygen atoms in total. The average Bonchev–Trinajstić information content (AvgIpc) is 2.94. The molecular weight excluding hydrogens is 343 g/mol. The number of aliphatic hydroxyl groups excluding tert-OH is 3. The molecule has 2 aromatic rings. The van der Waals surface area contributed by atoms with Gasteiger partial charge in [-0.15, -0.1) is 0 Å². The first kappa shape index (κ1) is 15.7. The van der Waals surface area contributed by atoms with Crippen LogP contribution in [-0.4, -0.2) is 54.8 Å². The van der Waals surface area contributed by atoms with E-state index in [1.54, 1.807) is 0 Å². The van der Waals surface area contributed by atoms with Gasteiger partial charge in [-0.1, -0.05) is 6.07 Å². The van der Waals surface area contributed by atoms with Gasteiger partial charge in [0.05, 0.1) is 6.61 Å². The Morgan fingerprint density at radius 2 is 2.20 bits per heavy atom. The Balaban J connectivity index is 0.00000147. The zero-order valence-electron chi connectivity index (χ0n) is 10.3. The molecule has 1 aliphatic heterocycles. The molecule has 0 bridgehead atoms. The summed E-state index contributed by atoms with van der Waals surface area (Å²) >= 11 is 0. The van der Waals surface area contributed by atoms with Crippen LogP contribution in [0.1, 0.15) is 6.23 Å². The molecule has 1 saturated heterocycles. The summed E-state index contributed by atoms with van der Waals surface area (Å²) in [6.45, 7) is -0.409. The molecule has 105 valence electrons. The maximum Gasteiger partial charge on any atom is 0.154 e. The molecule has 3 rings (SSSR count). The zero-order valence-corrected chi connectivity index (χ0v) is 13.1. The predicted molar refractivity (Wildman–Crippen MR) is 62.2 cm³/mol. The minimum Gasteiger partial charge on any atom is -0.420 e. The summed E-state index contributed by atoms with van der Waals surface area (Å²) in [7, 11) is 0. The van der Waals surface area contributed by atoms with Crippen molar-refractivity contribution in [2.45, 2.75) is 24.5 Å². The number of hydrogen-bond acceptors (Lipinski definition) is 6.